The van der Waals surface area contributed by atoms with Crippen LogP contribution in [-0.4, -0.2) is 29.8 Å². The van der Waals surface area contributed by atoms with Gasteiger partial charge >= 0.3 is 5.97 Å². The van der Waals surface area contributed by atoms with E-state index >= 15 is 0 Å². The van der Waals surface area contributed by atoms with Crippen molar-refractivity contribution in [2.45, 2.75) is 13.5 Å². The van der Waals surface area contributed by atoms with Gasteiger partial charge in [-0.1, -0.05) is 23.4 Å². The van der Waals surface area contributed by atoms with Crippen LogP contribution in [0.4, 0.5) is 0 Å². The summed E-state index contributed by atoms with van der Waals surface area (Å²) >= 11 is 0. The lowest BCUT2D eigenvalue weighted by molar-refractivity contribution is -0.139. The minimum Gasteiger partial charge on any atom is -0.497 e. The highest BCUT2D eigenvalue weighted by molar-refractivity contribution is 5.87. The molecule has 1 heterocycles. The van der Waals surface area contributed by atoms with Gasteiger partial charge in [-0.2, -0.15) is 4.98 Å². The number of benzene rings is 2. The van der Waals surface area contributed by atoms with Crippen LogP contribution in [0.15, 0.2) is 59.1 Å². The lowest BCUT2D eigenvalue weighted by Crippen LogP contribution is -2.01. The van der Waals surface area contributed by atoms with E-state index in [9.17, 15) is 4.79 Å². The fourth-order valence-corrected chi connectivity index (χ4v) is 2.41. The summed E-state index contributed by atoms with van der Waals surface area (Å²) < 4.78 is 20.9. The molecule has 0 amide bonds. The Labute approximate surface area is 162 Å². The van der Waals surface area contributed by atoms with Crippen LogP contribution in [0.5, 0.6) is 11.5 Å². The number of carbonyl (C=O) groups is 1. The number of rotatable bonds is 8. The fraction of sp³-hybridized carbons (Fsp3) is 0.190. The van der Waals surface area contributed by atoms with E-state index in [1.807, 2.05) is 43.3 Å². The first-order valence-electron chi connectivity index (χ1n) is 8.73. The maximum Gasteiger partial charge on any atom is 0.331 e. The fourth-order valence-electron chi connectivity index (χ4n) is 2.41. The molecule has 7 nitrogen and oxygen atoms in total. The molecule has 0 saturated heterocycles. The first kappa shape index (κ1) is 19.2. The zero-order valence-corrected chi connectivity index (χ0v) is 15.6. The molecule has 7 heteroatoms. The number of hydrogen-bond acceptors (Lipinski definition) is 7. The molecule has 0 saturated carbocycles. The third kappa shape index (κ3) is 4.97. The minimum absolute atomic E-state index is 0.112. The predicted molar refractivity (Wildman–Crippen MR) is 103 cm³/mol. The van der Waals surface area contributed by atoms with Gasteiger partial charge in [-0.25, -0.2) is 4.79 Å². The van der Waals surface area contributed by atoms with E-state index in [-0.39, 0.29) is 12.5 Å². The molecular weight excluding hydrogens is 360 g/mol. The van der Waals surface area contributed by atoms with E-state index in [1.54, 1.807) is 25.3 Å². The average molecular weight is 380 g/mol. The quantitative estimate of drug-likeness (QED) is 0.433. The molecule has 0 aliphatic heterocycles. The van der Waals surface area contributed by atoms with Gasteiger partial charge in [-0.3, -0.25) is 0 Å². The van der Waals surface area contributed by atoms with Crippen molar-refractivity contribution in [3.05, 3.63) is 66.1 Å². The van der Waals surface area contributed by atoms with E-state index in [1.165, 1.54) is 6.08 Å². The highest BCUT2D eigenvalue weighted by Gasteiger charge is 2.10. The van der Waals surface area contributed by atoms with Crippen molar-refractivity contribution in [3.8, 4) is 22.9 Å². The molecule has 0 aliphatic carbocycles. The van der Waals surface area contributed by atoms with Gasteiger partial charge in [0.15, 0.2) is 6.61 Å². The molecule has 0 bridgehead atoms. The van der Waals surface area contributed by atoms with Gasteiger partial charge < -0.3 is 18.7 Å². The molecule has 0 spiro atoms. The second-order valence-corrected chi connectivity index (χ2v) is 5.65. The molecule has 3 aromatic rings. The molecule has 0 aliphatic rings. The molecule has 0 atom stereocenters. The van der Waals surface area contributed by atoms with Gasteiger partial charge in [0.05, 0.1) is 13.7 Å². The van der Waals surface area contributed by atoms with Crippen molar-refractivity contribution in [2.24, 2.45) is 0 Å². The van der Waals surface area contributed by atoms with E-state index < -0.39 is 5.97 Å². The molecule has 28 heavy (non-hydrogen) atoms. The zero-order chi connectivity index (χ0) is 19.8. The Balaban J connectivity index is 1.57. The summed E-state index contributed by atoms with van der Waals surface area (Å²) in [4.78, 5) is 16.2. The summed E-state index contributed by atoms with van der Waals surface area (Å²) in [6.07, 6.45) is 2.97. The summed E-state index contributed by atoms with van der Waals surface area (Å²) in [5.74, 6) is 1.54. The maximum absolute atomic E-state index is 12.0. The van der Waals surface area contributed by atoms with Crippen molar-refractivity contribution >= 4 is 12.0 Å². The van der Waals surface area contributed by atoms with E-state index in [2.05, 4.69) is 10.1 Å². The number of aromatic nitrogens is 2. The molecule has 0 unspecified atom stereocenters. The highest BCUT2D eigenvalue weighted by atomic mass is 16.6. The number of carbonyl (C=O) groups excluding carboxylic acids is 1. The van der Waals surface area contributed by atoms with Crippen LogP contribution in [-0.2, 0) is 16.1 Å². The second kappa shape index (κ2) is 9.36. The van der Waals surface area contributed by atoms with Gasteiger partial charge in [0.2, 0.25) is 5.82 Å². The monoisotopic (exact) mass is 380 g/mol. The van der Waals surface area contributed by atoms with Gasteiger partial charge in [0.1, 0.15) is 11.5 Å². The largest absolute Gasteiger partial charge is 0.497 e. The summed E-state index contributed by atoms with van der Waals surface area (Å²) in [5, 5.41) is 3.89. The van der Waals surface area contributed by atoms with E-state index in [0.29, 0.717) is 18.2 Å². The molecule has 1 aromatic heterocycles. The van der Waals surface area contributed by atoms with Gasteiger partial charge in [0.25, 0.3) is 5.89 Å². The Kier molecular flexibility index (Phi) is 6.41. The Morgan fingerprint density at radius 1 is 1.14 bits per heavy atom. The van der Waals surface area contributed by atoms with Crippen LogP contribution in [0, 0.1) is 0 Å². The summed E-state index contributed by atoms with van der Waals surface area (Å²) in [6, 6.07) is 14.7. The smallest absolute Gasteiger partial charge is 0.331 e. The number of ether oxygens (including phenoxy) is 3. The van der Waals surface area contributed by atoms with Gasteiger partial charge in [-0.05, 0) is 43.3 Å². The molecule has 144 valence electrons. The van der Waals surface area contributed by atoms with Crippen LogP contribution in [0.1, 0.15) is 18.4 Å². The first-order valence-corrected chi connectivity index (χ1v) is 8.73. The zero-order valence-electron chi connectivity index (χ0n) is 15.6. The van der Waals surface area contributed by atoms with Crippen molar-refractivity contribution < 1.29 is 23.5 Å². The Morgan fingerprint density at radius 3 is 2.68 bits per heavy atom. The molecule has 0 radical (unpaired) electrons. The van der Waals surface area contributed by atoms with Crippen molar-refractivity contribution in [3.63, 3.8) is 0 Å². The lowest BCUT2D eigenvalue weighted by Gasteiger charge is -2.06. The van der Waals surface area contributed by atoms with Crippen molar-refractivity contribution in [2.75, 3.05) is 13.7 Å². The third-order valence-corrected chi connectivity index (χ3v) is 3.77. The normalized spacial score (nSPS) is 10.8. The average Bonchev–Trinajstić information content (AvgIpc) is 3.21. The SMILES string of the molecule is CCOc1ccccc1/C=C/C(=O)OCc1nc(-c2ccc(OC)cc2)no1. The number of hydrogen-bond donors (Lipinski definition) is 0. The topological polar surface area (TPSA) is 83.7 Å². The third-order valence-electron chi connectivity index (χ3n) is 3.77. The number of methoxy groups -OCH3 is 1. The molecule has 0 fully saturated rings. The van der Waals surface area contributed by atoms with Crippen LogP contribution in [0.3, 0.4) is 0 Å². The van der Waals surface area contributed by atoms with Crippen LogP contribution in [0.2, 0.25) is 0 Å². The summed E-state index contributed by atoms with van der Waals surface area (Å²) in [6.45, 7) is 2.34. The van der Waals surface area contributed by atoms with E-state index in [4.69, 9.17) is 18.7 Å². The molecule has 3 rings (SSSR count). The Bertz CT molecular complexity index is 947. The van der Waals surface area contributed by atoms with Crippen molar-refractivity contribution in [1.82, 2.24) is 10.1 Å². The number of nitrogens with zero attached hydrogens (tertiary/aromatic N) is 2. The van der Waals surface area contributed by atoms with Crippen LogP contribution in [0.25, 0.3) is 17.5 Å². The summed E-state index contributed by atoms with van der Waals surface area (Å²) in [7, 11) is 1.60. The minimum atomic E-state index is -0.518. The highest BCUT2D eigenvalue weighted by Crippen LogP contribution is 2.21. The Morgan fingerprint density at radius 2 is 1.93 bits per heavy atom. The first-order chi connectivity index (χ1) is 13.7. The lowest BCUT2D eigenvalue weighted by atomic mass is 10.2. The van der Waals surface area contributed by atoms with E-state index in [0.717, 1.165) is 16.9 Å². The molecular formula is C21H20N2O5. The second-order valence-electron chi connectivity index (χ2n) is 5.65. The van der Waals surface area contributed by atoms with Crippen LogP contribution < -0.4 is 9.47 Å². The molecule has 2 aromatic carbocycles. The number of esters is 1. The van der Waals surface area contributed by atoms with Crippen LogP contribution >= 0.6 is 0 Å². The van der Waals surface area contributed by atoms with Gasteiger partial charge in [-0.15, -0.1) is 0 Å². The summed E-state index contributed by atoms with van der Waals surface area (Å²) in [5.41, 5.74) is 1.57. The van der Waals surface area contributed by atoms with Crippen molar-refractivity contribution in [1.29, 1.82) is 0 Å². The predicted octanol–water partition coefficient (Wildman–Crippen LogP) is 3.90. The maximum atomic E-state index is 12.0. The Hall–Kier alpha value is -3.61. The molecule has 0 N–H and O–H groups in total. The standard InChI is InChI=1S/C21H20N2O5/c1-3-26-18-7-5-4-6-15(18)10-13-20(24)27-14-19-22-21(23-28-19)16-8-11-17(25-2)12-9-16/h4-13H,3,14H2,1-2H3/b13-10+. The van der Waals surface area contributed by atoms with Gasteiger partial charge in [0, 0.05) is 17.2 Å². The number of para-hydroxylation sites is 1.